The molecule has 0 radical (unpaired) electrons. The quantitative estimate of drug-likeness (QED) is 0.776. The van der Waals surface area contributed by atoms with E-state index in [2.05, 4.69) is 15.0 Å². The van der Waals surface area contributed by atoms with Gasteiger partial charge in [-0.3, -0.25) is 0 Å². The summed E-state index contributed by atoms with van der Waals surface area (Å²) in [5.41, 5.74) is 0. The molecule has 0 spiro atoms. The van der Waals surface area contributed by atoms with Crippen LogP contribution in [0.5, 0.6) is 0 Å². The van der Waals surface area contributed by atoms with Crippen LogP contribution in [0.25, 0.3) is 0 Å². The molecular weight excluding hydrogens is 292 g/mol. The molecule has 0 aromatic carbocycles. The van der Waals surface area contributed by atoms with Crippen molar-refractivity contribution in [2.75, 3.05) is 19.6 Å². The van der Waals surface area contributed by atoms with E-state index in [1.165, 1.54) is 0 Å². The van der Waals surface area contributed by atoms with Gasteiger partial charge in [-0.15, -0.1) is 0 Å². The van der Waals surface area contributed by atoms with Gasteiger partial charge in [-0.25, -0.2) is 4.98 Å². The summed E-state index contributed by atoms with van der Waals surface area (Å²) in [6.07, 6.45) is 4.45. The number of aromatic nitrogens is 1. The van der Waals surface area contributed by atoms with Crippen LogP contribution in [0.15, 0.2) is 10.6 Å². The van der Waals surface area contributed by atoms with E-state index >= 15 is 0 Å². The molecule has 21 heavy (non-hydrogen) atoms. The maximum absolute atomic E-state index is 12.5. The Morgan fingerprint density at radius 2 is 2.29 bits per heavy atom. The van der Waals surface area contributed by atoms with E-state index in [-0.39, 0.29) is 12.6 Å². The topological polar surface area (TPSA) is 87.5 Å². The van der Waals surface area contributed by atoms with E-state index < -0.39 is 10.2 Å². The van der Waals surface area contributed by atoms with Gasteiger partial charge in [0.05, 0.1) is 12.7 Å². The van der Waals surface area contributed by atoms with Gasteiger partial charge >= 0.3 is 0 Å². The highest BCUT2D eigenvalue weighted by molar-refractivity contribution is 7.87. The summed E-state index contributed by atoms with van der Waals surface area (Å²) in [7, 11) is -3.51. The average Bonchev–Trinajstić information content (AvgIpc) is 2.89. The summed E-state index contributed by atoms with van der Waals surface area (Å²) in [4.78, 5) is 4.01. The molecule has 8 heteroatoms. The minimum atomic E-state index is -3.51. The third kappa shape index (κ3) is 4.50. The smallest absolute Gasteiger partial charge is 0.280 e. The van der Waals surface area contributed by atoms with E-state index in [0.717, 1.165) is 25.8 Å². The highest BCUT2D eigenvalue weighted by atomic mass is 32.2. The average molecular weight is 316 g/mol. The predicted octanol–water partition coefficient (Wildman–Crippen LogP) is 0.781. The molecule has 0 bridgehead atoms. The molecule has 0 amide bonds. The monoisotopic (exact) mass is 316 g/mol. The van der Waals surface area contributed by atoms with Crippen LogP contribution >= 0.6 is 0 Å². The molecular formula is C13H24N4O3S. The third-order valence-corrected chi connectivity index (χ3v) is 5.19. The van der Waals surface area contributed by atoms with Gasteiger partial charge in [0.15, 0.2) is 0 Å². The van der Waals surface area contributed by atoms with Gasteiger partial charge in [-0.2, -0.15) is 17.4 Å². The normalized spacial score (nSPS) is 20.8. The number of likely N-dealkylation sites (N-methyl/N-ethyl adjacent to an activating group) is 1. The summed E-state index contributed by atoms with van der Waals surface area (Å²) in [6.45, 7) is 5.98. The van der Waals surface area contributed by atoms with E-state index in [1.54, 1.807) is 17.4 Å². The molecule has 2 N–H and O–H groups in total. The Bertz CT molecular complexity index is 543. The number of hydrogen-bond donors (Lipinski definition) is 2. The van der Waals surface area contributed by atoms with Gasteiger partial charge in [-0.1, -0.05) is 13.3 Å². The summed E-state index contributed by atoms with van der Waals surface area (Å²) in [6, 6.07) is 0.0162. The molecule has 1 fully saturated rings. The summed E-state index contributed by atoms with van der Waals surface area (Å²) < 4.78 is 34.3. The number of aryl methyl sites for hydroxylation is 1. The molecule has 0 saturated carbocycles. The van der Waals surface area contributed by atoms with Crippen molar-refractivity contribution in [1.29, 1.82) is 0 Å². The summed E-state index contributed by atoms with van der Waals surface area (Å²) in [5, 5.41) is 3.23. The summed E-state index contributed by atoms with van der Waals surface area (Å²) in [5.74, 6) is 1.06. The van der Waals surface area contributed by atoms with Gasteiger partial charge in [0.25, 0.3) is 10.2 Å². The lowest BCUT2D eigenvalue weighted by Gasteiger charge is -2.34. The minimum absolute atomic E-state index is 0.0162. The van der Waals surface area contributed by atoms with Gasteiger partial charge in [0, 0.05) is 19.1 Å². The Hall–Kier alpha value is -0.960. The summed E-state index contributed by atoms with van der Waals surface area (Å²) >= 11 is 0. The lowest BCUT2D eigenvalue weighted by Crippen LogP contribution is -2.52. The molecule has 2 rings (SSSR count). The number of nitrogens with zero attached hydrogens (tertiary/aromatic N) is 2. The fourth-order valence-electron chi connectivity index (χ4n) is 2.52. The first-order valence-electron chi connectivity index (χ1n) is 7.41. The number of oxazole rings is 1. The van der Waals surface area contributed by atoms with Crippen molar-refractivity contribution >= 4 is 10.2 Å². The molecule has 1 aromatic heterocycles. The lowest BCUT2D eigenvalue weighted by molar-refractivity contribution is 0.243. The second-order valence-electron chi connectivity index (χ2n) is 5.26. The molecule has 1 unspecified atom stereocenters. The van der Waals surface area contributed by atoms with E-state index in [0.29, 0.717) is 24.7 Å². The molecule has 1 saturated heterocycles. The first-order chi connectivity index (χ1) is 10.0. The second kappa shape index (κ2) is 7.35. The van der Waals surface area contributed by atoms with Crippen LogP contribution in [0.1, 0.15) is 37.8 Å². The van der Waals surface area contributed by atoms with Gasteiger partial charge < -0.3 is 9.73 Å². The van der Waals surface area contributed by atoms with Gasteiger partial charge in [-0.05, 0) is 26.3 Å². The number of rotatable bonds is 7. The van der Waals surface area contributed by atoms with Gasteiger partial charge in [0.1, 0.15) is 5.76 Å². The van der Waals surface area contributed by atoms with Crippen molar-refractivity contribution in [3.8, 4) is 0 Å². The number of hydrogen-bond acceptors (Lipinski definition) is 5. The molecule has 2 heterocycles. The molecule has 120 valence electrons. The molecule has 0 aliphatic carbocycles. The maximum Gasteiger partial charge on any atom is 0.280 e. The van der Waals surface area contributed by atoms with Crippen molar-refractivity contribution in [1.82, 2.24) is 19.3 Å². The SMILES string of the molecule is CCNCC1CCCCN1S(=O)(=O)NCc1ncc(C)o1. The van der Waals surface area contributed by atoms with Crippen molar-refractivity contribution in [3.05, 3.63) is 17.8 Å². The van der Waals surface area contributed by atoms with E-state index in [1.807, 2.05) is 6.92 Å². The first-order valence-corrected chi connectivity index (χ1v) is 8.85. The number of piperidine rings is 1. The highest BCUT2D eigenvalue weighted by Crippen LogP contribution is 2.19. The minimum Gasteiger partial charge on any atom is -0.445 e. The zero-order chi connectivity index (χ0) is 15.3. The fraction of sp³-hybridized carbons (Fsp3) is 0.769. The number of nitrogens with one attached hydrogen (secondary N) is 2. The zero-order valence-corrected chi connectivity index (χ0v) is 13.4. The van der Waals surface area contributed by atoms with Crippen molar-refractivity contribution in [2.24, 2.45) is 0 Å². The Balaban J connectivity index is 1.98. The molecule has 1 aliphatic rings. The van der Waals surface area contributed by atoms with Crippen molar-refractivity contribution in [3.63, 3.8) is 0 Å². The van der Waals surface area contributed by atoms with Crippen LogP contribution in [0.4, 0.5) is 0 Å². The maximum atomic E-state index is 12.5. The van der Waals surface area contributed by atoms with Gasteiger partial charge in [0.2, 0.25) is 5.89 Å². The van der Waals surface area contributed by atoms with Crippen LogP contribution < -0.4 is 10.0 Å². The van der Waals surface area contributed by atoms with E-state index in [4.69, 9.17) is 4.42 Å². The van der Waals surface area contributed by atoms with Crippen LogP contribution in [-0.2, 0) is 16.8 Å². The molecule has 1 aliphatic heterocycles. The first kappa shape index (κ1) is 16.4. The Kier molecular flexibility index (Phi) is 5.74. The molecule has 7 nitrogen and oxygen atoms in total. The molecule has 1 atom stereocenters. The fourth-order valence-corrected chi connectivity index (χ4v) is 3.94. The zero-order valence-electron chi connectivity index (χ0n) is 12.6. The van der Waals surface area contributed by atoms with Crippen LogP contribution in [-0.4, -0.2) is 43.4 Å². The Morgan fingerprint density at radius 1 is 1.48 bits per heavy atom. The van der Waals surface area contributed by atoms with Crippen LogP contribution in [0.2, 0.25) is 0 Å². The highest BCUT2D eigenvalue weighted by Gasteiger charge is 2.31. The second-order valence-corrected chi connectivity index (χ2v) is 6.97. The predicted molar refractivity (Wildman–Crippen MR) is 79.9 cm³/mol. The Labute approximate surface area is 126 Å². The van der Waals surface area contributed by atoms with Crippen LogP contribution in [0, 0.1) is 6.92 Å². The van der Waals surface area contributed by atoms with Crippen molar-refractivity contribution in [2.45, 2.75) is 45.7 Å². The van der Waals surface area contributed by atoms with Crippen LogP contribution in [0.3, 0.4) is 0 Å². The Morgan fingerprint density at radius 3 is 2.95 bits per heavy atom. The standard InChI is InChI=1S/C13H24N4O3S/c1-3-14-9-12-6-4-5-7-17(12)21(18,19)16-10-13-15-8-11(2)20-13/h8,12,14,16H,3-7,9-10H2,1-2H3. The third-order valence-electron chi connectivity index (χ3n) is 3.59. The lowest BCUT2D eigenvalue weighted by atomic mass is 10.1. The largest absolute Gasteiger partial charge is 0.445 e. The van der Waals surface area contributed by atoms with E-state index in [9.17, 15) is 8.42 Å². The van der Waals surface area contributed by atoms with Crippen molar-refractivity contribution < 1.29 is 12.8 Å². The molecule has 1 aromatic rings.